The number of carbonyl (C=O) groups is 3. The fraction of sp³-hybridized carbons (Fsp3) is 0.526. The van der Waals surface area contributed by atoms with Crippen molar-refractivity contribution in [3.8, 4) is 0 Å². The van der Waals surface area contributed by atoms with Crippen molar-refractivity contribution < 1.29 is 23.9 Å². The highest BCUT2D eigenvalue weighted by Crippen LogP contribution is 2.32. The Morgan fingerprint density at radius 2 is 1.81 bits per heavy atom. The Morgan fingerprint density at radius 1 is 1.15 bits per heavy atom. The van der Waals surface area contributed by atoms with E-state index >= 15 is 0 Å². The van der Waals surface area contributed by atoms with Gasteiger partial charge in [0.2, 0.25) is 5.91 Å². The van der Waals surface area contributed by atoms with Gasteiger partial charge in [-0.3, -0.25) is 14.5 Å². The first kappa shape index (κ1) is 19.8. The van der Waals surface area contributed by atoms with Crippen molar-refractivity contribution in [3.05, 3.63) is 35.9 Å². The maximum Gasteiger partial charge on any atom is 0.412 e. The van der Waals surface area contributed by atoms with Gasteiger partial charge >= 0.3 is 12.1 Å². The van der Waals surface area contributed by atoms with Gasteiger partial charge in [0, 0.05) is 5.41 Å². The van der Waals surface area contributed by atoms with E-state index in [-0.39, 0.29) is 32.2 Å². The lowest BCUT2D eigenvalue weighted by molar-refractivity contribution is -0.149. The molecular formula is C19H26N2O5. The highest BCUT2D eigenvalue weighted by molar-refractivity contribution is 5.89. The van der Waals surface area contributed by atoms with E-state index in [0.717, 1.165) is 5.56 Å². The van der Waals surface area contributed by atoms with Crippen molar-refractivity contribution in [2.45, 2.75) is 40.5 Å². The van der Waals surface area contributed by atoms with E-state index in [1.807, 2.05) is 51.1 Å². The van der Waals surface area contributed by atoms with Gasteiger partial charge < -0.3 is 14.4 Å². The average Bonchev–Trinajstić information content (AvgIpc) is 2.90. The molecule has 0 spiro atoms. The summed E-state index contributed by atoms with van der Waals surface area (Å²) in [6.07, 6.45) is -1.16. The summed E-state index contributed by atoms with van der Waals surface area (Å²) in [4.78, 5) is 39.6. The molecule has 1 heterocycles. The number of esters is 1. The third-order valence-electron chi connectivity index (χ3n) is 4.04. The van der Waals surface area contributed by atoms with Crippen molar-refractivity contribution in [1.29, 1.82) is 0 Å². The van der Waals surface area contributed by atoms with Crippen molar-refractivity contribution in [2.75, 3.05) is 19.7 Å². The summed E-state index contributed by atoms with van der Waals surface area (Å²) in [5.41, 5.74) is 0.409. The number of hydrogen-bond donors (Lipinski definition) is 0. The largest absolute Gasteiger partial charge is 0.465 e. The quantitative estimate of drug-likeness (QED) is 0.752. The summed E-state index contributed by atoms with van der Waals surface area (Å²) in [7, 11) is 0. The van der Waals surface area contributed by atoms with Gasteiger partial charge in [0.15, 0.2) is 0 Å². The van der Waals surface area contributed by atoms with Crippen LogP contribution in [0, 0.1) is 5.41 Å². The zero-order valence-electron chi connectivity index (χ0n) is 15.7. The molecule has 1 aliphatic heterocycles. The third kappa shape index (κ3) is 4.74. The molecule has 0 unspecified atom stereocenters. The Hall–Kier alpha value is -2.57. The molecule has 1 fully saturated rings. The smallest absolute Gasteiger partial charge is 0.412 e. The molecule has 0 bridgehead atoms. The highest BCUT2D eigenvalue weighted by Gasteiger charge is 2.48. The van der Waals surface area contributed by atoms with E-state index in [1.54, 1.807) is 6.92 Å². The Balaban J connectivity index is 2.12. The lowest BCUT2D eigenvalue weighted by Gasteiger charge is -2.38. The molecule has 7 nitrogen and oxygen atoms in total. The van der Waals surface area contributed by atoms with Gasteiger partial charge in [0.1, 0.15) is 25.9 Å². The number of ether oxygens (including phenoxy) is 2. The number of rotatable bonds is 5. The SMILES string of the molecule is CCOC(=O)CN1C(=O)CN(C(=O)OCc2ccccc2)[C@H]1C(C)(C)C. The van der Waals surface area contributed by atoms with Crippen LogP contribution in [-0.4, -0.2) is 53.6 Å². The standard InChI is InChI=1S/C19H26N2O5/c1-5-25-16(23)12-20-15(22)11-21(17(20)19(2,3)4)18(24)26-13-14-9-7-6-8-10-14/h6-10,17H,5,11-13H2,1-4H3/t17-/m0/s1. The molecule has 0 aliphatic carbocycles. The molecule has 0 aromatic heterocycles. The minimum atomic E-state index is -0.581. The van der Waals surface area contributed by atoms with E-state index < -0.39 is 23.6 Å². The van der Waals surface area contributed by atoms with Gasteiger partial charge in [-0.25, -0.2) is 4.79 Å². The van der Waals surface area contributed by atoms with E-state index in [9.17, 15) is 14.4 Å². The molecule has 2 amide bonds. The van der Waals surface area contributed by atoms with E-state index in [4.69, 9.17) is 9.47 Å². The number of carbonyl (C=O) groups excluding carboxylic acids is 3. The molecule has 2 rings (SSSR count). The van der Waals surface area contributed by atoms with Crippen molar-refractivity contribution in [1.82, 2.24) is 9.80 Å². The summed E-state index contributed by atoms with van der Waals surface area (Å²) in [6.45, 7) is 7.50. The molecular weight excluding hydrogens is 336 g/mol. The number of nitrogens with zero attached hydrogens (tertiary/aromatic N) is 2. The van der Waals surface area contributed by atoms with Crippen LogP contribution in [0.25, 0.3) is 0 Å². The topological polar surface area (TPSA) is 76.2 Å². The molecule has 1 atom stereocenters. The first-order valence-electron chi connectivity index (χ1n) is 8.66. The summed E-state index contributed by atoms with van der Waals surface area (Å²) in [5, 5.41) is 0. The number of amides is 2. The van der Waals surface area contributed by atoms with E-state index in [0.29, 0.717) is 0 Å². The summed E-state index contributed by atoms with van der Waals surface area (Å²) < 4.78 is 10.3. The third-order valence-corrected chi connectivity index (χ3v) is 4.04. The molecule has 142 valence electrons. The van der Waals surface area contributed by atoms with Crippen LogP contribution >= 0.6 is 0 Å². The maximum atomic E-state index is 12.6. The summed E-state index contributed by atoms with van der Waals surface area (Å²) in [6, 6.07) is 9.32. The highest BCUT2D eigenvalue weighted by atomic mass is 16.6. The molecule has 0 N–H and O–H groups in total. The van der Waals surface area contributed by atoms with Crippen molar-refractivity contribution >= 4 is 18.0 Å². The average molecular weight is 362 g/mol. The zero-order valence-corrected chi connectivity index (χ0v) is 15.7. The number of benzene rings is 1. The first-order valence-corrected chi connectivity index (χ1v) is 8.66. The number of hydrogen-bond acceptors (Lipinski definition) is 5. The fourth-order valence-corrected chi connectivity index (χ4v) is 3.05. The second-order valence-electron chi connectivity index (χ2n) is 7.23. The Kier molecular flexibility index (Phi) is 6.23. The molecule has 7 heteroatoms. The lowest BCUT2D eigenvalue weighted by Crippen LogP contribution is -2.52. The molecule has 1 aliphatic rings. The van der Waals surface area contributed by atoms with Crippen LogP contribution in [-0.2, 0) is 25.7 Å². The molecule has 0 saturated carbocycles. The van der Waals surface area contributed by atoms with Gasteiger partial charge in [-0.2, -0.15) is 0 Å². The second kappa shape index (κ2) is 8.21. The monoisotopic (exact) mass is 362 g/mol. The molecule has 1 aromatic rings. The summed E-state index contributed by atoms with van der Waals surface area (Å²) >= 11 is 0. The minimum absolute atomic E-state index is 0.116. The van der Waals surface area contributed by atoms with Crippen molar-refractivity contribution in [2.24, 2.45) is 5.41 Å². The first-order chi connectivity index (χ1) is 12.2. The molecule has 0 radical (unpaired) electrons. The van der Waals surface area contributed by atoms with E-state index in [2.05, 4.69) is 0 Å². The van der Waals surface area contributed by atoms with Crippen LogP contribution in [0.4, 0.5) is 4.79 Å². The van der Waals surface area contributed by atoms with Crippen LogP contribution in [0.1, 0.15) is 33.3 Å². The van der Waals surface area contributed by atoms with Crippen LogP contribution < -0.4 is 0 Å². The van der Waals surface area contributed by atoms with Crippen LogP contribution in [0.3, 0.4) is 0 Å². The lowest BCUT2D eigenvalue weighted by atomic mass is 9.91. The van der Waals surface area contributed by atoms with Crippen LogP contribution in [0.5, 0.6) is 0 Å². The minimum Gasteiger partial charge on any atom is -0.465 e. The van der Waals surface area contributed by atoms with Crippen LogP contribution in [0.15, 0.2) is 30.3 Å². The Morgan fingerprint density at radius 3 is 2.38 bits per heavy atom. The normalized spacial score (nSPS) is 17.4. The molecule has 1 saturated heterocycles. The second-order valence-corrected chi connectivity index (χ2v) is 7.23. The Bertz CT molecular complexity index is 654. The predicted octanol–water partition coefficient (Wildman–Crippen LogP) is 2.40. The van der Waals surface area contributed by atoms with Gasteiger partial charge in [-0.05, 0) is 12.5 Å². The van der Waals surface area contributed by atoms with Gasteiger partial charge in [-0.15, -0.1) is 0 Å². The fourth-order valence-electron chi connectivity index (χ4n) is 3.05. The van der Waals surface area contributed by atoms with Crippen LogP contribution in [0.2, 0.25) is 0 Å². The molecule has 26 heavy (non-hydrogen) atoms. The van der Waals surface area contributed by atoms with E-state index in [1.165, 1.54) is 9.80 Å². The molecule has 1 aromatic carbocycles. The summed E-state index contributed by atoms with van der Waals surface area (Å²) in [5.74, 6) is -0.788. The predicted molar refractivity (Wildman–Crippen MR) is 94.9 cm³/mol. The van der Waals surface area contributed by atoms with Gasteiger partial charge in [0.05, 0.1) is 6.61 Å². The Labute approximate surface area is 153 Å². The van der Waals surface area contributed by atoms with Gasteiger partial charge in [-0.1, -0.05) is 51.1 Å². The zero-order chi connectivity index (χ0) is 19.3. The maximum absolute atomic E-state index is 12.6. The van der Waals surface area contributed by atoms with Crippen molar-refractivity contribution in [3.63, 3.8) is 0 Å². The van der Waals surface area contributed by atoms with Gasteiger partial charge in [0.25, 0.3) is 0 Å².